The van der Waals surface area contributed by atoms with E-state index in [1.807, 2.05) is 0 Å². The number of anilines is 1. The molecule has 1 saturated heterocycles. The molecule has 0 unspecified atom stereocenters. The van der Waals surface area contributed by atoms with Crippen molar-refractivity contribution in [2.24, 2.45) is 10.9 Å². The number of nitrogens with one attached hydrogen (secondary N) is 1. The first-order valence-corrected chi connectivity index (χ1v) is 13.6. The maximum Gasteiger partial charge on any atom is 0.280 e. The molecule has 172 valence electrons. The van der Waals surface area contributed by atoms with Crippen molar-refractivity contribution in [2.75, 3.05) is 30.8 Å². The Labute approximate surface area is 194 Å². The molecule has 2 fully saturated rings. The number of ether oxygens (including phenoxy) is 1. The summed E-state index contributed by atoms with van der Waals surface area (Å²) in [7, 11) is -3.32. The fourth-order valence-electron chi connectivity index (χ4n) is 3.02. The summed E-state index contributed by atoms with van der Waals surface area (Å²) >= 11 is 2.91. The molecular weight excluding hydrogens is 472 g/mol. The number of thioether (sulfide) groups is 1. The van der Waals surface area contributed by atoms with E-state index in [-0.39, 0.29) is 22.0 Å². The van der Waals surface area contributed by atoms with Crippen LogP contribution in [0, 0.1) is 0 Å². The number of hydrogen-bond donors (Lipinski definition) is 2. The predicted octanol–water partition coefficient (Wildman–Crippen LogP) is 2.28. The largest absolute Gasteiger partial charge is 0.389 e. The van der Waals surface area contributed by atoms with Crippen LogP contribution in [0.5, 0.6) is 0 Å². The van der Waals surface area contributed by atoms with Crippen molar-refractivity contribution in [1.82, 2.24) is 4.98 Å². The molecule has 1 amide bonds. The number of carbonyl (C=O) groups is 1. The van der Waals surface area contributed by atoms with E-state index in [0.717, 1.165) is 9.96 Å². The second-order valence-electron chi connectivity index (χ2n) is 7.38. The average Bonchev–Trinajstić information content (AvgIpc) is 3.36. The van der Waals surface area contributed by atoms with Crippen LogP contribution in [0.1, 0.15) is 24.8 Å². The van der Waals surface area contributed by atoms with E-state index >= 15 is 0 Å². The van der Waals surface area contributed by atoms with Crippen molar-refractivity contribution in [1.29, 1.82) is 0 Å². The van der Waals surface area contributed by atoms with Gasteiger partial charge in [-0.05, 0) is 25.0 Å². The molecule has 1 aliphatic carbocycles. The van der Waals surface area contributed by atoms with Gasteiger partial charge >= 0.3 is 0 Å². The Morgan fingerprint density at radius 1 is 1.31 bits per heavy atom. The van der Waals surface area contributed by atoms with Crippen LogP contribution in [0.25, 0.3) is 0 Å². The van der Waals surface area contributed by atoms with E-state index in [0.29, 0.717) is 49.7 Å². The van der Waals surface area contributed by atoms with Gasteiger partial charge in [0.15, 0.2) is 26.8 Å². The van der Waals surface area contributed by atoms with Gasteiger partial charge in [-0.3, -0.25) is 10.1 Å². The van der Waals surface area contributed by atoms with Gasteiger partial charge < -0.3 is 15.3 Å². The summed E-state index contributed by atoms with van der Waals surface area (Å²) in [5.41, 5.74) is 6.02. The number of aromatic nitrogens is 1. The van der Waals surface area contributed by atoms with Crippen LogP contribution in [0.3, 0.4) is 0 Å². The van der Waals surface area contributed by atoms with Crippen LogP contribution in [-0.2, 0) is 24.2 Å². The molecule has 4 rings (SSSR count). The Hall–Kier alpha value is -1.99. The first-order chi connectivity index (χ1) is 15.5. The number of nitrogens with zero attached hydrogens (tertiary/aromatic N) is 2. The summed E-state index contributed by atoms with van der Waals surface area (Å²) in [4.78, 5) is 23.0. The number of rotatable bonds is 10. The molecule has 0 spiro atoms. The van der Waals surface area contributed by atoms with E-state index in [4.69, 9.17) is 15.3 Å². The Kier molecular flexibility index (Phi) is 7.46. The SMILES string of the molecule is NCCSc1cnc(NC(=O)/C(=N/O[C@@H]2CCOC2)c2ccc(S(=O)(=O)C3CC3)cc2)s1. The Bertz CT molecular complexity index is 1070. The number of benzene rings is 1. The lowest BCUT2D eigenvalue weighted by atomic mass is 10.1. The number of hydrogen-bond acceptors (Lipinski definition) is 10. The van der Waals surface area contributed by atoms with Crippen molar-refractivity contribution in [3.05, 3.63) is 36.0 Å². The molecule has 3 N–H and O–H groups in total. The Balaban J connectivity index is 1.53. The van der Waals surface area contributed by atoms with Gasteiger partial charge in [0, 0.05) is 24.3 Å². The quantitative estimate of drug-likeness (QED) is 0.291. The number of sulfone groups is 1. The van der Waals surface area contributed by atoms with E-state index in [2.05, 4.69) is 15.5 Å². The standard InChI is InChI=1S/C20H24N4O5S3/c21-8-10-30-17-11-22-20(31-17)23-19(25)18(24-29-14-7-9-28-12-14)13-1-3-15(4-2-13)32(26,27)16-5-6-16/h1-4,11,14,16H,5-10,12,21H2,(H,22,23,25)/b24-18+/t14-/m1/s1. The molecule has 9 nitrogen and oxygen atoms in total. The van der Waals surface area contributed by atoms with Crippen molar-refractivity contribution < 1.29 is 22.8 Å². The maximum absolute atomic E-state index is 13.0. The molecule has 2 aliphatic rings. The van der Waals surface area contributed by atoms with Crippen molar-refractivity contribution in [2.45, 2.75) is 39.7 Å². The molecular formula is C20H24N4O5S3. The Morgan fingerprint density at radius 3 is 2.75 bits per heavy atom. The van der Waals surface area contributed by atoms with Crippen LogP contribution in [0.2, 0.25) is 0 Å². The monoisotopic (exact) mass is 496 g/mol. The highest BCUT2D eigenvalue weighted by atomic mass is 32.2. The second-order valence-corrected chi connectivity index (χ2v) is 12.0. The van der Waals surface area contributed by atoms with Gasteiger partial charge in [0.05, 0.1) is 33.8 Å². The molecule has 0 bridgehead atoms. The van der Waals surface area contributed by atoms with Crippen LogP contribution >= 0.6 is 23.1 Å². The summed E-state index contributed by atoms with van der Waals surface area (Å²) in [6, 6.07) is 6.17. The summed E-state index contributed by atoms with van der Waals surface area (Å²) in [6.45, 7) is 1.54. The molecule has 32 heavy (non-hydrogen) atoms. The van der Waals surface area contributed by atoms with Crippen molar-refractivity contribution in [3.8, 4) is 0 Å². The lowest BCUT2D eigenvalue weighted by Gasteiger charge is -2.10. The molecule has 1 atom stereocenters. The second kappa shape index (κ2) is 10.3. The molecule has 1 aromatic carbocycles. The fourth-order valence-corrected chi connectivity index (χ4v) is 6.39. The molecule has 1 aliphatic heterocycles. The fraction of sp³-hybridized carbons (Fsp3) is 0.450. The highest BCUT2D eigenvalue weighted by molar-refractivity contribution is 8.01. The zero-order valence-electron chi connectivity index (χ0n) is 17.2. The normalized spacial score (nSPS) is 19.2. The zero-order valence-corrected chi connectivity index (χ0v) is 19.7. The molecule has 1 saturated carbocycles. The third-order valence-electron chi connectivity index (χ3n) is 4.88. The van der Waals surface area contributed by atoms with Crippen LogP contribution < -0.4 is 11.1 Å². The highest BCUT2D eigenvalue weighted by Crippen LogP contribution is 2.33. The maximum atomic E-state index is 13.0. The molecule has 2 heterocycles. The topological polar surface area (TPSA) is 133 Å². The van der Waals surface area contributed by atoms with E-state index in [1.54, 1.807) is 30.1 Å². The van der Waals surface area contributed by atoms with Gasteiger partial charge in [-0.15, -0.1) is 11.8 Å². The lowest BCUT2D eigenvalue weighted by molar-refractivity contribution is -0.110. The van der Waals surface area contributed by atoms with Crippen LogP contribution in [0.4, 0.5) is 5.13 Å². The third kappa shape index (κ3) is 5.67. The van der Waals surface area contributed by atoms with E-state index in [1.165, 1.54) is 23.5 Å². The number of nitrogens with two attached hydrogens (primary N) is 1. The number of oxime groups is 1. The summed E-state index contributed by atoms with van der Waals surface area (Å²) in [6.07, 6.45) is 3.52. The van der Waals surface area contributed by atoms with Gasteiger partial charge in [-0.25, -0.2) is 13.4 Å². The number of amides is 1. The van der Waals surface area contributed by atoms with Gasteiger partial charge in [0.1, 0.15) is 0 Å². The van der Waals surface area contributed by atoms with Crippen LogP contribution in [-0.4, -0.2) is 61.9 Å². The summed E-state index contributed by atoms with van der Waals surface area (Å²) in [5.74, 6) is 0.266. The predicted molar refractivity (Wildman–Crippen MR) is 124 cm³/mol. The molecule has 1 aromatic heterocycles. The van der Waals surface area contributed by atoms with Gasteiger partial charge in [0.25, 0.3) is 5.91 Å². The summed E-state index contributed by atoms with van der Waals surface area (Å²) < 4.78 is 31.2. The van der Waals surface area contributed by atoms with Gasteiger partial charge in [-0.1, -0.05) is 28.6 Å². The minimum absolute atomic E-state index is 0.0404. The molecule has 2 aromatic rings. The lowest BCUT2D eigenvalue weighted by Crippen LogP contribution is -2.25. The van der Waals surface area contributed by atoms with Gasteiger partial charge in [-0.2, -0.15) is 0 Å². The molecule has 0 radical (unpaired) electrons. The third-order valence-corrected chi connectivity index (χ3v) is 9.30. The number of carbonyl (C=O) groups excluding carboxylic acids is 1. The zero-order chi connectivity index (χ0) is 22.6. The highest BCUT2D eigenvalue weighted by Gasteiger charge is 2.36. The first kappa shape index (κ1) is 23.2. The van der Waals surface area contributed by atoms with E-state index < -0.39 is 15.7 Å². The Morgan fingerprint density at radius 2 is 2.09 bits per heavy atom. The van der Waals surface area contributed by atoms with Crippen molar-refractivity contribution >= 4 is 49.7 Å². The smallest absolute Gasteiger partial charge is 0.280 e. The summed E-state index contributed by atoms with van der Waals surface area (Å²) in [5, 5.41) is 6.98. The minimum atomic E-state index is -3.32. The van der Waals surface area contributed by atoms with E-state index in [9.17, 15) is 13.2 Å². The molecule has 12 heteroatoms. The van der Waals surface area contributed by atoms with Gasteiger partial charge in [0.2, 0.25) is 0 Å². The first-order valence-electron chi connectivity index (χ1n) is 10.2. The van der Waals surface area contributed by atoms with Crippen molar-refractivity contribution in [3.63, 3.8) is 0 Å². The number of thiazole rings is 1. The van der Waals surface area contributed by atoms with Crippen LogP contribution in [0.15, 0.2) is 44.7 Å². The minimum Gasteiger partial charge on any atom is -0.389 e. The average molecular weight is 497 g/mol.